The number of pyridine rings is 1. The van der Waals surface area contributed by atoms with Gasteiger partial charge in [0.1, 0.15) is 5.03 Å². The summed E-state index contributed by atoms with van der Waals surface area (Å²) >= 11 is 5.25. The summed E-state index contributed by atoms with van der Waals surface area (Å²) in [6.07, 6.45) is 1.14. The maximum absolute atomic E-state index is 12.5. The van der Waals surface area contributed by atoms with Crippen LogP contribution in [-0.4, -0.2) is 37.9 Å². The van der Waals surface area contributed by atoms with Crippen LogP contribution in [0.5, 0.6) is 0 Å². The molecule has 0 radical (unpaired) electrons. The number of carbonyl (C=O) groups excluding carboxylic acids is 1. The Balaban J connectivity index is 1.94. The van der Waals surface area contributed by atoms with Crippen molar-refractivity contribution in [3.8, 4) is 0 Å². The molecule has 2 N–H and O–H groups in total. The van der Waals surface area contributed by atoms with Crippen LogP contribution in [0, 0.1) is 0 Å². The Bertz CT molecular complexity index is 924. The highest BCUT2D eigenvalue weighted by atomic mass is 35.5. The first kappa shape index (κ1) is 21.5. The quantitative estimate of drug-likeness (QED) is 0.511. The minimum Gasteiger partial charge on any atom is -0.351 e. The summed E-state index contributed by atoms with van der Waals surface area (Å²) in [5.41, 5.74) is -4.84. The summed E-state index contributed by atoms with van der Waals surface area (Å²) in [7, 11) is -3.83. The number of sulfonamides is 1. The van der Waals surface area contributed by atoms with Crippen LogP contribution < -0.4 is 10.0 Å². The molecule has 2 aromatic rings. The van der Waals surface area contributed by atoms with E-state index in [0.29, 0.717) is 0 Å². The van der Waals surface area contributed by atoms with E-state index < -0.39 is 38.2 Å². The first-order chi connectivity index (χ1) is 12.6. The van der Waals surface area contributed by atoms with Crippen LogP contribution in [0.2, 0.25) is 5.02 Å². The maximum atomic E-state index is 12.5. The fourth-order valence-electron chi connectivity index (χ4n) is 1.93. The molecule has 1 aromatic carbocycles. The molecule has 27 heavy (non-hydrogen) atoms. The third-order valence-electron chi connectivity index (χ3n) is 3.04. The first-order valence-electron chi connectivity index (χ1n) is 7.33. The van der Waals surface area contributed by atoms with E-state index in [1.54, 1.807) is 0 Å². The fraction of sp³-hybridized carbons (Fsp3) is 0.200. The number of halogens is 4. The second kappa shape index (κ2) is 8.91. The van der Waals surface area contributed by atoms with Gasteiger partial charge in [0.15, 0.2) is 0 Å². The van der Waals surface area contributed by atoms with Crippen molar-refractivity contribution in [1.29, 1.82) is 0 Å². The van der Waals surface area contributed by atoms with Gasteiger partial charge in [0.2, 0.25) is 10.0 Å². The highest BCUT2D eigenvalue weighted by Crippen LogP contribution is 2.37. The van der Waals surface area contributed by atoms with E-state index in [9.17, 15) is 26.4 Å². The van der Waals surface area contributed by atoms with Gasteiger partial charge in [-0.05, 0) is 30.3 Å². The van der Waals surface area contributed by atoms with Crippen LogP contribution in [0.15, 0.2) is 52.5 Å². The summed E-state index contributed by atoms with van der Waals surface area (Å²) in [5, 5.41) is 2.11. The molecule has 12 heteroatoms. The Morgan fingerprint density at radius 3 is 2.59 bits per heavy atom. The summed E-state index contributed by atoms with van der Waals surface area (Å²) in [4.78, 5) is 15.6. The molecule has 0 atom stereocenters. The number of carbonyl (C=O) groups is 1. The molecule has 0 saturated carbocycles. The zero-order valence-electron chi connectivity index (χ0n) is 13.5. The fourth-order valence-corrected chi connectivity index (χ4v) is 3.86. The van der Waals surface area contributed by atoms with Gasteiger partial charge in [-0.2, -0.15) is 13.2 Å². The van der Waals surface area contributed by atoms with Crippen molar-refractivity contribution in [2.24, 2.45) is 0 Å². The van der Waals surface area contributed by atoms with Crippen LogP contribution in [0.3, 0.4) is 0 Å². The smallest absolute Gasteiger partial charge is 0.351 e. The lowest BCUT2D eigenvalue weighted by Crippen LogP contribution is -2.35. The van der Waals surface area contributed by atoms with E-state index in [-0.39, 0.29) is 28.6 Å². The maximum Gasteiger partial charge on any atom is 0.447 e. The molecule has 0 fully saturated rings. The molecule has 0 aliphatic heterocycles. The Morgan fingerprint density at radius 2 is 1.93 bits per heavy atom. The van der Waals surface area contributed by atoms with Gasteiger partial charge in [-0.3, -0.25) is 4.79 Å². The monoisotopic (exact) mass is 439 g/mol. The topological polar surface area (TPSA) is 88.2 Å². The Morgan fingerprint density at radius 1 is 1.19 bits per heavy atom. The third kappa shape index (κ3) is 6.69. The second-order valence-corrected chi connectivity index (χ2v) is 8.27. The predicted molar refractivity (Wildman–Crippen MR) is 95.1 cm³/mol. The molecule has 146 valence electrons. The van der Waals surface area contributed by atoms with Crippen molar-refractivity contribution in [3.63, 3.8) is 0 Å². The van der Waals surface area contributed by atoms with Crippen LogP contribution in [0.25, 0.3) is 0 Å². The number of aromatic nitrogens is 1. The summed E-state index contributed by atoms with van der Waals surface area (Å²) in [5.74, 6) is -0.795. The van der Waals surface area contributed by atoms with E-state index in [1.807, 2.05) is 0 Å². The van der Waals surface area contributed by atoms with Gasteiger partial charge >= 0.3 is 5.51 Å². The van der Waals surface area contributed by atoms with Crippen molar-refractivity contribution in [3.05, 3.63) is 53.2 Å². The Labute approximate surface area is 162 Å². The van der Waals surface area contributed by atoms with Gasteiger partial charge in [-0.15, -0.1) is 0 Å². The Hall–Kier alpha value is -1.82. The zero-order valence-corrected chi connectivity index (χ0v) is 15.8. The molecule has 0 bridgehead atoms. The number of amides is 1. The average molecular weight is 440 g/mol. The molecule has 0 saturated heterocycles. The van der Waals surface area contributed by atoms with E-state index in [1.165, 1.54) is 36.4 Å². The number of alkyl halides is 3. The van der Waals surface area contributed by atoms with E-state index in [4.69, 9.17) is 11.6 Å². The molecule has 2 rings (SSSR count). The van der Waals surface area contributed by atoms with E-state index in [2.05, 4.69) is 15.0 Å². The molecule has 0 aliphatic rings. The second-order valence-electron chi connectivity index (χ2n) is 5.01. The van der Waals surface area contributed by atoms with Gasteiger partial charge in [-0.1, -0.05) is 17.7 Å². The van der Waals surface area contributed by atoms with Crippen molar-refractivity contribution in [2.75, 3.05) is 13.1 Å². The van der Waals surface area contributed by atoms with Gasteiger partial charge in [0, 0.05) is 36.1 Å². The third-order valence-corrected chi connectivity index (χ3v) is 5.48. The Kier molecular flexibility index (Phi) is 7.09. The number of benzene rings is 1. The van der Waals surface area contributed by atoms with Gasteiger partial charge in [0.05, 0.1) is 10.5 Å². The average Bonchev–Trinajstić information content (AvgIpc) is 2.57. The van der Waals surface area contributed by atoms with Crippen molar-refractivity contribution < 1.29 is 26.4 Å². The number of hydrogen-bond acceptors (Lipinski definition) is 5. The van der Waals surface area contributed by atoms with Crippen molar-refractivity contribution in [1.82, 2.24) is 15.0 Å². The SMILES string of the molecule is O=C(NCCNS(=O)(=O)c1cccc(Cl)c1)c1cccnc1SC(F)(F)F. The largest absolute Gasteiger partial charge is 0.447 e. The highest BCUT2D eigenvalue weighted by Gasteiger charge is 2.32. The van der Waals surface area contributed by atoms with Crippen LogP contribution in [0.1, 0.15) is 10.4 Å². The van der Waals surface area contributed by atoms with E-state index in [0.717, 1.165) is 6.20 Å². The lowest BCUT2D eigenvalue weighted by atomic mass is 10.2. The predicted octanol–water partition coefficient (Wildman–Crippen LogP) is 3.06. The minimum atomic E-state index is -4.59. The van der Waals surface area contributed by atoms with Gasteiger partial charge < -0.3 is 5.32 Å². The number of thioether (sulfide) groups is 1. The van der Waals surface area contributed by atoms with Crippen LogP contribution >= 0.6 is 23.4 Å². The standard InChI is InChI=1S/C15H13ClF3N3O3S2/c16-10-3-1-4-11(9-10)27(24,25)22-8-7-20-13(23)12-5-2-6-21-14(12)26-15(17,18)19/h1-6,9,22H,7-8H2,(H,20,23). The summed E-state index contributed by atoms with van der Waals surface area (Å²) < 4.78 is 64.0. The molecule has 0 aliphatic carbocycles. The molecule has 0 unspecified atom stereocenters. The van der Waals surface area contributed by atoms with Gasteiger partial charge in [-0.25, -0.2) is 18.1 Å². The summed E-state index contributed by atoms with van der Waals surface area (Å²) in [6.45, 7) is -0.299. The molecule has 1 aromatic heterocycles. The van der Waals surface area contributed by atoms with E-state index >= 15 is 0 Å². The van der Waals surface area contributed by atoms with Gasteiger partial charge in [0.25, 0.3) is 5.91 Å². The lowest BCUT2D eigenvalue weighted by Gasteiger charge is -2.11. The molecule has 1 heterocycles. The molecule has 1 amide bonds. The first-order valence-corrected chi connectivity index (χ1v) is 10.0. The number of rotatable bonds is 7. The number of nitrogens with one attached hydrogen (secondary N) is 2. The number of nitrogens with zero attached hydrogens (tertiary/aromatic N) is 1. The normalized spacial score (nSPS) is 12.0. The van der Waals surface area contributed by atoms with Crippen molar-refractivity contribution >= 4 is 39.3 Å². The zero-order chi connectivity index (χ0) is 20.1. The lowest BCUT2D eigenvalue weighted by molar-refractivity contribution is -0.0329. The number of hydrogen-bond donors (Lipinski definition) is 2. The van der Waals surface area contributed by atoms with Crippen LogP contribution in [-0.2, 0) is 10.0 Å². The highest BCUT2D eigenvalue weighted by molar-refractivity contribution is 8.00. The molecule has 6 nitrogen and oxygen atoms in total. The summed E-state index contributed by atoms with van der Waals surface area (Å²) in [6, 6.07) is 8.14. The molecular weight excluding hydrogens is 427 g/mol. The van der Waals surface area contributed by atoms with Crippen LogP contribution in [0.4, 0.5) is 13.2 Å². The molecule has 0 spiro atoms. The van der Waals surface area contributed by atoms with Crippen molar-refractivity contribution in [2.45, 2.75) is 15.4 Å². The minimum absolute atomic E-state index is 0.0440. The molecular formula is C15H13ClF3N3O3S2.